The van der Waals surface area contributed by atoms with Crippen molar-refractivity contribution in [3.05, 3.63) is 23.8 Å². The monoisotopic (exact) mass is 290 g/mol. The summed E-state index contributed by atoms with van der Waals surface area (Å²) in [6, 6.07) is 7.07. The number of phenols is 1. The number of methoxy groups -OCH3 is 1. The summed E-state index contributed by atoms with van der Waals surface area (Å²) >= 11 is 0. The fourth-order valence-electron chi connectivity index (χ4n) is 3.20. The van der Waals surface area contributed by atoms with E-state index in [-0.39, 0.29) is 5.75 Å². The van der Waals surface area contributed by atoms with Crippen LogP contribution in [0.2, 0.25) is 0 Å². The van der Waals surface area contributed by atoms with E-state index in [4.69, 9.17) is 4.74 Å². The molecule has 4 nitrogen and oxygen atoms in total. The van der Waals surface area contributed by atoms with Crippen molar-refractivity contribution in [3.63, 3.8) is 0 Å². The number of hydrogen-bond acceptors (Lipinski definition) is 4. The van der Waals surface area contributed by atoms with Crippen LogP contribution < -0.4 is 10.1 Å². The Hall–Kier alpha value is -1.26. The third kappa shape index (κ3) is 3.89. The van der Waals surface area contributed by atoms with Crippen molar-refractivity contribution in [3.8, 4) is 11.5 Å². The first-order valence-electron chi connectivity index (χ1n) is 8.09. The smallest absolute Gasteiger partial charge is 0.160 e. The van der Waals surface area contributed by atoms with E-state index in [1.807, 2.05) is 12.1 Å². The van der Waals surface area contributed by atoms with Gasteiger partial charge < -0.3 is 15.2 Å². The summed E-state index contributed by atoms with van der Waals surface area (Å²) in [5.74, 6) is 0.784. The van der Waals surface area contributed by atoms with E-state index < -0.39 is 0 Å². The van der Waals surface area contributed by atoms with E-state index in [1.165, 1.54) is 37.7 Å². The topological polar surface area (TPSA) is 44.7 Å². The molecule has 0 radical (unpaired) electrons. The van der Waals surface area contributed by atoms with Crippen molar-refractivity contribution in [2.75, 3.05) is 20.2 Å². The highest BCUT2D eigenvalue weighted by atomic mass is 16.5. The zero-order valence-electron chi connectivity index (χ0n) is 12.8. The summed E-state index contributed by atoms with van der Waals surface area (Å²) in [7, 11) is 1.60. The highest BCUT2D eigenvalue weighted by Crippen LogP contribution is 2.31. The Morgan fingerprint density at radius 2 is 2.14 bits per heavy atom. The van der Waals surface area contributed by atoms with Crippen molar-refractivity contribution in [1.82, 2.24) is 10.2 Å². The molecule has 1 aliphatic carbocycles. The van der Waals surface area contributed by atoms with Gasteiger partial charge in [-0.2, -0.15) is 0 Å². The Kier molecular flexibility index (Phi) is 4.66. The summed E-state index contributed by atoms with van der Waals surface area (Å²) in [6.45, 7) is 3.24. The van der Waals surface area contributed by atoms with Crippen LogP contribution in [-0.2, 0) is 6.54 Å². The predicted molar refractivity (Wildman–Crippen MR) is 83.7 cm³/mol. The predicted octanol–water partition coefficient (Wildman–Crippen LogP) is 2.51. The molecule has 116 valence electrons. The lowest BCUT2D eigenvalue weighted by atomic mass is 10.0. The Morgan fingerprint density at radius 3 is 2.81 bits per heavy atom. The van der Waals surface area contributed by atoms with Gasteiger partial charge in [-0.25, -0.2) is 0 Å². The van der Waals surface area contributed by atoms with E-state index in [0.717, 1.165) is 25.7 Å². The number of phenolic OH excluding ortho intramolecular Hbond substituents is 1. The number of piperidine rings is 1. The molecule has 2 aliphatic rings. The molecule has 0 amide bonds. The van der Waals surface area contributed by atoms with Gasteiger partial charge >= 0.3 is 0 Å². The lowest BCUT2D eigenvalue weighted by Gasteiger charge is -2.30. The van der Waals surface area contributed by atoms with Gasteiger partial charge in [0.2, 0.25) is 0 Å². The maximum absolute atomic E-state index is 9.70. The molecule has 1 heterocycles. The molecule has 1 aliphatic heterocycles. The van der Waals surface area contributed by atoms with Crippen LogP contribution in [0.3, 0.4) is 0 Å². The van der Waals surface area contributed by atoms with Crippen molar-refractivity contribution in [2.24, 2.45) is 0 Å². The molecular formula is C17H26N2O2. The first kappa shape index (κ1) is 14.7. The SMILES string of the molecule is COc1cc(CN(CC2CCCCN2)C2CC2)ccc1O. The third-order valence-corrected chi connectivity index (χ3v) is 4.56. The standard InChI is InChI=1S/C17H26N2O2/c1-21-17-10-13(5-8-16(17)20)11-19(15-6-7-15)12-14-4-2-3-9-18-14/h5,8,10,14-15,18,20H,2-4,6-7,9,11-12H2,1H3. The molecule has 2 fully saturated rings. The zero-order chi connectivity index (χ0) is 14.7. The molecule has 1 aromatic carbocycles. The van der Waals surface area contributed by atoms with Crippen molar-refractivity contribution in [1.29, 1.82) is 0 Å². The number of ether oxygens (including phenoxy) is 1. The third-order valence-electron chi connectivity index (χ3n) is 4.56. The largest absolute Gasteiger partial charge is 0.504 e. The van der Waals surface area contributed by atoms with Crippen molar-refractivity contribution >= 4 is 0 Å². The van der Waals surface area contributed by atoms with Gasteiger partial charge in [0.05, 0.1) is 7.11 Å². The van der Waals surface area contributed by atoms with Gasteiger partial charge in [-0.3, -0.25) is 4.90 Å². The van der Waals surface area contributed by atoms with Gasteiger partial charge in [0, 0.05) is 25.2 Å². The number of nitrogens with zero attached hydrogens (tertiary/aromatic N) is 1. The van der Waals surface area contributed by atoms with Crippen LogP contribution in [0.5, 0.6) is 11.5 Å². The molecule has 2 N–H and O–H groups in total. The average Bonchev–Trinajstić information content (AvgIpc) is 3.34. The maximum Gasteiger partial charge on any atom is 0.160 e. The fourth-order valence-corrected chi connectivity index (χ4v) is 3.20. The highest BCUT2D eigenvalue weighted by Gasteiger charge is 2.31. The summed E-state index contributed by atoms with van der Waals surface area (Å²) in [6.07, 6.45) is 6.60. The second-order valence-corrected chi connectivity index (χ2v) is 6.31. The molecule has 4 heteroatoms. The zero-order valence-corrected chi connectivity index (χ0v) is 12.8. The molecule has 3 rings (SSSR count). The van der Waals surface area contributed by atoms with Crippen LogP contribution in [0, 0.1) is 0 Å². The van der Waals surface area contributed by atoms with Crippen LogP contribution in [0.1, 0.15) is 37.7 Å². The minimum Gasteiger partial charge on any atom is -0.504 e. The summed E-state index contributed by atoms with van der Waals surface area (Å²) < 4.78 is 5.21. The van der Waals surface area contributed by atoms with E-state index in [9.17, 15) is 5.11 Å². The maximum atomic E-state index is 9.70. The molecule has 0 spiro atoms. The molecule has 21 heavy (non-hydrogen) atoms. The fraction of sp³-hybridized carbons (Fsp3) is 0.647. The summed E-state index contributed by atoms with van der Waals surface area (Å²) in [5, 5.41) is 13.3. The van der Waals surface area contributed by atoms with Gasteiger partial charge in [0.25, 0.3) is 0 Å². The van der Waals surface area contributed by atoms with E-state index in [2.05, 4.69) is 10.2 Å². The van der Waals surface area contributed by atoms with Crippen LogP contribution >= 0.6 is 0 Å². The van der Waals surface area contributed by atoms with Gasteiger partial charge in [0.1, 0.15) is 0 Å². The number of rotatable bonds is 6. The molecular weight excluding hydrogens is 264 g/mol. The van der Waals surface area contributed by atoms with Crippen molar-refractivity contribution < 1.29 is 9.84 Å². The Bertz CT molecular complexity index is 468. The molecule has 0 bridgehead atoms. The summed E-state index contributed by atoms with van der Waals surface area (Å²) in [4.78, 5) is 2.59. The molecule has 1 aromatic rings. The van der Waals surface area contributed by atoms with Crippen LogP contribution in [0.25, 0.3) is 0 Å². The van der Waals surface area contributed by atoms with E-state index >= 15 is 0 Å². The first-order chi connectivity index (χ1) is 10.3. The lowest BCUT2D eigenvalue weighted by Crippen LogP contribution is -2.44. The molecule has 0 aromatic heterocycles. The van der Waals surface area contributed by atoms with Crippen molar-refractivity contribution in [2.45, 2.75) is 50.7 Å². The van der Waals surface area contributed by atoms with Crippen LogP contribution in [0.4, 0.5) is 0 Å². The Morgan fingerprint density at radius 1 is 1.29 bits per heavy atom. The minimum atomic E-state index is 0.216. The number of hydrogen-bond donors (Lipinski definition) is 2. The molecule has 1 unspecified atom stereocenters. The highest BCUT2D eigenvalue weighted by molar-refractivity contribution is 5.41. The molecule has 1 saturated heterocycles. The Balaban J connectivity index is 1.64. The first-order valence-corrected chi connectivity index (χ1v) is 8.09. The molecule has 1 atom stereocenters. The normalized spacial score (nSPS) is 22.5. The number of benzene rings is 1. The number of nitrogens with one attached hydrogen (secondary N) is 1. The second-order valence-electron chi connectivity index (χ2n) is 6.31. The van der Waals surface area contributed by atoms with Gasteiger partial charge in [-0.15, -0.1) is 0 Å². The second kappa shape index (κ2) is 6.67. The quantitative estimate of drug-likeness (QED) is 0.845. The minimum absolute atomic E-state index is 0.216. The van der Waals surface area contributed by atoms with E-state index in [0.29, 0.717) is 11.8 Å². The lowest BCUT2D eigenvalue weighted by molar-refractivity contribution is 0.208. The van der Waals surface area contributed by atoms with Crippen LogP contribution in [0.15, 0.2) is 18.2 Å². The van der Waals surface area contributed by atoms with Gasteiger partial charge in [0.15, 0.2) is 11.5 Å². The van der Waals surface area contributed by atoms with Gasteiger partial charge in [-0.1, -0.05) is 12.5 Å². The Labute approximate surface area is 127 Å². The summed E-state index contributed by atoms with van der Waals surface area (Å²) in [5.41, 5.74) is 1.22. The average molecular weight is 290 g/mol. The van der Waals surface area contributed by atoms with E-state index in [1.54, 1.807) is 13.2 Å². The molecule has 1 saturated carbocycles. The van der Waals surface area contributed by atoms with Crippen LogP contribution in [-0.4, -0.2) is 42.3 Å². The van der Waals surface area contributed by atoms with Gasteiger partial charge in [-0.05, 0) is 49.9 Å². The number of aromatic hydroxyl groups is 1.